The van der Waals surface area contributed by atoms with Gasteiger partial charge >= 0.3 is 5.97 Å². The van der Waals surface area contributed by atoms with E-state index in [9.17, 15) is 14.4 Å². The first-order valence-electron chi connectivity index (χ1n) is 8.85. The van der Waals surface area contributed by atoms with Crippen molar-refractivity contribution in [1.82, 2.24) is 4.98 Å². The number of carbonyl (C=O) groups excluding carboxylic acids is 3. The number of para-hydroxylation sites is 1. The molecule has 1 heterocycles. The van der Waals surface area contributed by atoms with Gasteiger partial charge in [0.15, 0.2) is 5.13 Å². The van der Waals surface area contributed by atoms with E-state index in [1.807, 2.05) is 18.2 Å². The van der Waals surface area contributed by atoms with Crippen LogP contribution in [-0.2, 0) is 14.3 Å². The Labute approximate surface area is 175 Å². The van der Waals surface area contributed by atoms with Crippen molar-refractivity contribution in [2.24, 2.45) is 0 Å². The van der Waals surface area contributed by atoms with Crippen LogP contribution in [0.5, 0.6) is 0 Å². The molecule has 29 heavy (non-hydrogen) atoms. The maximum Gasteiger partial charge on any atom is 0.338 e. The third-order valence-corrected chi connectivity index (χ3v) is 5.54. The molecule has 2 amide bonds. The highest BCUT2D eigenvalue weighted by Crippen LogP contribution is 2.27. The number of aromatic nitrogens is 1. The van der Waals surface area contributed by atoms with Crippen LogP contribution in [0.25, 0.3) is 10.2 Å². The number of carbonyl (C=O) groups is 3. The minimum Gasteiger partial charge on any atom is -0.462 e. The minimum absolute atomic E-state index is 0.131. The van der Waals surface area contributed by atoms with Crippen LogP contribution >= 0.6 is 23.1 Å². The van der Waals surface area contributed by atoms with Gasteiger partial charge in [-0.05, 0) is 37.3 Å². The van der Waals surface area contributed by atoms with Crippen molar-refractivity contribution in [1.29, 1.82) is 0 Å². The van der Waals surface area contributed by atoms with Gasteiger partial charge in [0.25, 0.3) is 0 Å². The Morgan fingerprint density at radius 2 is 1.76 bits per heavy atom. The molecule has 0 aliphatic heterocycles. The van der Waals surface area contributed by atoms with Crippen molar-refractivity contribution in [3.05, 3.63) is 54.1 Å². The van der Waals surface area contributed by atoms with Crippen molar-refractivity contribution in [2.75, 3.05) is 28.7 Å². The van der Waals surface area contributed by atoms with Gasteiger partial charge in [0.2, 0.25) is 11.8 Å². The maximum atomic E-state index is 12.1. The van der Waals surface area contributed by atoms with Gasteiger partial charge in [0, 0.05) is 5.69 Å². The van der Waals surface area contributed by atoms with E-state index in [-0.39, 0.29) is 23.3 Å². The zero-order valence-electron chi connectivity index (χ0n) is 15.6. The van der Waals surface area contributed by atoms with Crippen LogP contribution in [0.1, 0.15) is 17.3 Å². The second kappa shape index (κ2) is 10.0. The average Bonchev–Trinajstić information content (AvgIpc) is 3.10. The fourth-order valence-corrected chi connectivity index (χ4v) is 3.97. The summed E-state index contributed by atoms with van der Waals surface area (Å²) in [5.74, 6) is -0.497. The van der Waals surface area contributed by atoms with E-state index in [4.69, 9.17) is 4.74 Å². The molecule has 0 fully saturated rings. The van der Waals surface area contributed by atoms with E-state index < -0.39 is 5.97 Å². The summed E-state index contributed by atoms with van der Waals surface area (Å²) in [5.41, 5.74) is 1.85. The Hall–Kier alpha value is -2.91. The van der Waals surface area contributed by atoms with Gasteiger partial charge in [0.05, 0.1) is 33.9 Å². The SMILES string of the molecule is CCOC(=O)c1ccc2nc(NC(=O)CSCC(=O)Nc3ccccc3)sc2c1. The van der Waals surface area contributed by atoms with E-state index in [1.165, 1.54) is 23.1 Å². The molecule has 2 aromatic carbocycles. The van der Waals surface area contributed by atoms with Gasteiger partial charge in [-0.15, -0.1) is 11.8 Å². The lowest BCUT2D eigenvalue weighted by molar-refractivity contribution is -0.114. The van der Waals surface area contributed by atoms with Crippen LogP contribution in [0.15, 0.2) is 48.5 Å². The second-order valence-electron chi connectivity index (χ2n) is 5.88. The highest BCUT2D eigenvalue weighted by atomic mass is 32.2. The largest absolute Gasteiger partial charge is 0.462 e. The Bertz CT molecular complexity index is 1020. The van der Waals surface area contributed by atoms with Crippen LogP contribution in [-0.4, -0.2) is 40.9 Å². The number of ether oxygens (including phenoxy) is 1. The molecular weight excluding hydrogens is 410 g/mol. The first kappa shape index (κ1) is 20.8. The molecular formula is C20H19N3O4S2. The average molecular weight is 430 g/mol. The Balaban J connectivity index is 1.49. The molecule has 0 unspecified atom stereocenters. The number of amides is 2. The van der Waals surface area contributed by atoms with Crippen LogP contribution < -0.4 is 10.6 Å². The molecule has 3 rings (SSSR count). The van der Waals surface area contributed by atoms with Crippen molar-refractivity contribution in [3.8, 4) is 0 Å². The van der Waals surface area contributed by atoms with Crippen LogP contribution in [0.2, 0.25) is 0 Å². The molecule has 0 saturated carbocycles. The summed E-state index contributed by atoms with van der Waals surface area (Å²) < 4.78 is 5.77. The number of hydrogen-bond donors (Lipinski definition) is 2. The Morgan fingerprint density at radius 1 is 1.03 bits per heavy atom. The Morgan fingerprint density at radius 3 is 2.48 bits per heavy atom. The first-order chi connectivity index (χ1) is 14.0. The lowest BCUT2D eigenvalue weighted by Gasteiger charge is -2.04. The number of rotatable bonds is 8. The van der Waals surface area contributed by atoms with Gasteiger partial charge in [0.1, 0.15) is 0 Å². The van der Waals surface area contributed by atoms with Gasteiger partial charge in [-0.3, -0.25) is 9.59 Å². The van der Waals surface area contributed by atoms with E-state index in [1.54, 1.807) is 37.3 Å². The van der Waals surface area contributed by atoms with Crippen LogP contribution in [0.3, 0.4) is 0 Å². The number of fused-ring (bicyclic) bond motifs is 1. The van der Waals surface area contributed by atoms with Crippen LogP contribution in [0.4, 0.5) is 10.8 Å². The summed E-state index contributed by atoms with van der Waals surface area (Å²) >= 11 is 2.50. The van der Waals surface area contributed by atoms with E-state index in [0.29, 0.717) is 22.8 Å². The molecule has 0 radical (unpaired) electrons. The van der Waals surface area contributed by atoms with Crippen LogP contribution in [0, 0.1) is 0 Å². The molecule has 9 heteroatoms. The zero-order valence-corrected chi connectivity index (χ0v) is 17.3. The normalized spacial score (nSPS) is 10.5. The molecule has 1 aromatic heterocycles. The lowest BCUT2D eigenvalue weighted by Crippen LogP contribution is -2.18. The molecule has 0 aliphatic rings. The molecule has 0 spiro atoms. The van der Waals surface area contributed by atoms with Crippen molar-refractivity contribution < 1.29 is 19.1 Å². The first-order valence-corrected chi connectivity index (χ1v) is 10.8. The van der Waals surface area contributed by atoms with E-state index >= 15 is 0 Å². The molecule has 150 valence electrons. The summed E-state index contributed by atoms with van der Waals surface area (Å²) in [6.45, 7) is 2.06. The molecule has 0 saturated heterocycles. The molecule has 0 atom stereocenters. The minimum atomic E-state index is -0.390. The predicted molar refractivity (Wildman–Crippen MR) is 117 cm³/mol. The molecule has 0 aliphatic carbocycles. The topological polar surface area (TPSA) is 97.4 Å². The third kappa shape index (κ3) is 6.03. The number of anilines is 2. The fraction of sp³-hybridized carbons (Fsp3) is 0.200. The number of hydrogen-bond acceptors (Lipinski definition) is 7. The summed E-state index contributed by atoms with van der Waals surface area (Å²) in [6.07, 6.45) is 0. The Kier molecular flexibility index (Phi) is 7.20. The monoisotopic (exact) mass is 429 g/mol. The predicted octanol–water partition coefficient (Wildman–Crippen LogP) is 3.78. The quantitative estimate of drug-likeness (QED) is 0.529. The summed E-state index contributed by atoms with van der Waals surface area (Å²) in [4.78, 5) is 40.2. The number of nitrogens with one attached hydrogen (secondary N) is 2. The number of nitrogens with zero attached hydrogens (tertiary/aromatic N) is 1. The summed E-state index contributed by atoms with van der Waals surface area (Å²) in [5, 5.41) is 5.94. The van der Waals surface area contributed by atoms with Crippen molar-refractivity contribution in [3.63, 3.8) is 0 Å². The highest BCUT2D eigenvalue weighted by Gasteiger charge is 2.12. The number of thiazole rings is 1. The van der Waals surface area contributed by atoms with Crippen molar-refractivity contribution in [2.45, 2.75) is 6.92 Å². The molecule has 3 aromatic rings. The molecule has 7 nitrogen and oxygen atoms in total. The lowest BCUT2D eigenvalue weighted by atomic mass is 10.2. The summed E-state index contributed by atoms with van der Waals surface area (Å²) in [7, 11) is 0. The third-order valence-electron chi connectivity index (χ3n) is 3.67. The number of benzene rings is 2. The van der Waals surface area contributed by atoms with Gasteiger partial charge in [-0.2, -0.15) is 0 Å². The van der Waals surface area contributed by atoms with Gasteiger partial charge in [-0.1, -0.05) is 29.5 Å². The number of esters is 1. The molecule has 0 bridgehead atoms. The maximum absolute atomic E-state index is 12.1. The fourth-order valence-electron chi connectivity index (χ4n) is 2.43. The smallest absolute Gasteiger partial charge is 0.338 e. The molecule has 2 N–H and O–H groups in total. The highest BCUT2D eigenvalue weighted by molar-refractivity contribution is 8.00. The van der Waals surface area contributed by atoms with E-state index in [0.717, 1.165) is 10.4 Å². The van der Waals surface area contributed by atoms with Gasteiger partial charge in [-0.25, -0.2) is 9.78 Å². The van der Waals surface area contributed by atoms with E-state index in [2.05, 4.69) is 15.6 Å². The zero-order chi connectivity index (χ0) is 20.6. The number of thioether (sulfide) groups is 1. The summed E-state index contributed by atoms with van der Waals surface area (Å²) in [6, 6.07) is 14.2. The second-order valence-corrected chi connectivity index (χ2v) is 7.89. The van der Waals surface area contributed by atoms with Crippen molar-refractivity contribution >= 4 is 61.9 Å². The standard InChI is InChI=1S/C20H19N3O4S2/c1-2-27-19(26)13-8-9-15-16(10-13)29-20(22-15)23-18(25)12-28-11-17(24)21-14-6-4-3-5-7-14/h3-10H,2,11-12H2,1H3,(H,21,24)(H,22,23,25). The van der Waals surface area contributed by atoms with Gasteiger partial charge < -0.3 is 15.4 Å².